The number of likely N-dealkylation sites (N-methyl/N-ethyl adjacent to an activating group) is 2. The molecular formula is C30H51N3O. The van der Waals surface area contributed by atoms with Crippen LogP contribution >= 0.6 is 0 Å². The number of hydrogen-bond donors (Lipinski definition) is 1. The van der Waals surface area contributed by atoms with E-state index in [1.807, 2.05) is 7.05 Å². The van der Waals surface area contributed by atoms with Gasteiger partial charge in [-0.3, -0.25) is 4.79 Å². The molecule has 3 saturated carbocycles. The molecular weight excluding hydrogens is 418 g/mol. The molecule has 0 aromatic rings. The Bertz CT molecular complexity index is 822. The first-order valence-corrected chi connectivity index (χ1v) is 14.5. The van der Waals surface area contributed by atoms with Crippen molar-refractivity contribution in [2.24, 2.45) is 40.4 Å². The molecule has 1 N–H and O–H groups in total. The van der Waals surface area contributed by atoms with Gasteiger partial charge >= 0.3 is 0 Å². The van der Waals surface area contributed by atoms with Gasteiger partial charge in [0.15, 0.2) is 0 Å². The van der Waals surface area contributed by atoms with Gasteiger partial charge in [-0.2, -0.15) is 0 Å². The summed E-state index contributed by atoms with van der Waals surface area (Å²) in [4.78, 5) is 18.1. The molecule has 0 aromatic heterocycles. The van der Waals surface area contributed by atoms with Crippen LogP contribution in [-0.4, -0.2) is 61.5 Å². The van der Waals surface area contributed by atoms with E-state index in [-0.39, 0.29) is 11.9 Å². The molecule has 5 aliphatic rings. The highest BCUT2D eigenvalue weighted by molar-refractivity contribution is 5.82. The second-order valence-electron chi connectivity index (χ2n) is 13.7. The van der Waals surface area contributed by atoms with Crippen molar-refractivity contribution in [1.29, 1.82) is 0 Å². The Labute approximate surface area is 209 Å². The van der Waals surface area contributed by atoms with Crippen molar-refractivity contribution in [2.45, 2.75) is 104 Å². The first-order chi connectivity index (χ1) is 16.1. The van der Waals surface area contributed by atoms with Crippen molar-refractivity contribution in [3.05, 3.63) is 11.6 Å². The van der Waals surface area contributed by atoms with Gasteiger partial charge in [0.2, 0.25) is 5.91 Å². The lowest BCUT2D eigenvalue weighted by Gasteiger charge is -2.58. The number of allylic oxidation sites excluding steroid dienone is 1. The number of nitrogens with zero attached hydrogens (tertiary/aromatic N) is 2. The molecule has 4 heteroatoms. The lowest BCUT2D eigenvalue weighted by atomic mass is 9.47. The summed E-state index contributed by atoms with van der Waals surface area (Å²) >= 11 is 0. The van der Waals surface area contributed by atoms with Gasteiger partial charge in [-0.25, -0.2) is 0 Å². The summed E-state index contributed by atoms with van der Waals surface area (Å²) in [7, 11) is 6.38. The van der Waals surface area contributed by atoms with Gasteiger partial charge in [-0.05, 0) is 119 Å². The van der Waals surface area contributed by atoms with Gasteiger partial charge in [0.1, 0.15) is 0 Å². The zero-order valence-electron chi connectivity index (χ0n) is 23.1. The third-order valence-corrected chi connectivity index (χ3v) is 11.9. The van der Waals surface area contributed by atoms with Crippen LogP contribution in [0.4, 0.5) is 0 Å². The molecule has 0 aromatic carbocycles. The monoisotopic (exact) mass is 469 g/mol. The van der Waals surface area contributed by atoms with Gasteiger partial charge in [0, 0.05) is 25.7 Å². The van der Waals surface area contributed by atoms with E-state index in [1.54, 1.807) is 5.57 Å². The zero-order chi connectivity index (χ0) is 24.4. The summed E-state index contributed by atoms with van der Waals surface area (Å²) in [5, 5.41) is 3.29. The summed E-state index contributed by atoms with van der Waals surface area (Å²) in [6.45, 7) is 10.9. The normalized spacial score (nSPS) is 44.6. The molecule has 4 nitrogen and oxygen atoms in total. The number of likely N-dealkylation sites (tertiary alicyclic amines) is 1. The SMILES string of the molecule is CN[C@H](CC(C)C)C(=O)N(C)[C@H]1CC[C@@]2(C)C(=CC[C@H]3C4CC[C@@H]5[C@H](C)N(C)C[C@]45CCC32)C1. The Morgan fingerprint density at radius 1 is 1.18 bits per heavy atom. The van der Waals surface area contributed by atoms with E-state index in [4.69, 9.17) is 0 Å². The van der Waals surface area contributed by atoms with Gasteiger partial charge in [-0.15, -0.1) is 0 Å². The third kappa shape index (κ3) is 3.64. The highest BCUT2D eigenvalue weighted by atomic mass is 16.2. The first-order valence-electron chi connectivity index (χ1n) is 14.5. The van der Waals surface area contributed by atoms with Gasteiger partial charge < -0.3 is 15.1 Å². The second kappa shape index (κ2) is 8.91. The molecule has 1 spiro atoms. The van der Waals surface area contributed by atoms with Crippen molar-refractivity contribution in [1.82, 2.24) is 15.1 Å². The van der Waals surface area contributed by atoms with Crippen LogP contribution in [-0.2, 0) is 4.79 Å². The number of amides is 1. The molecule has 4 aliphatic carbocycles. The maximum Gasteiger partial charge on any atom is 0.239 e. The topological polar surface area (TPSA) is 35.6 Å². The van der Waals surface area contributed by atoms with Crippen LogP contribution in [0.5, 0.6) is 0 Å². The van der Waals surface area contributed by atoms with Gasteiger partial charge in [0.05, 0.1) is 6.04 Å². The molecule has 2 unspecified atom stereocenters. The molecule has 1 heterocycles. The minimum atomic E-state index is -0.0557. The number of rotatable bonds is 5. The summed E-state index contributed by atoms with van der Waals surface area (Å²) in [6.07, 6.45) is 14.2. The van der Waals surface area contributed by atoms with E-state index in [0.717, 1.165) is 49.0 Å². The van der Waals surface area contributed by atoms with E-state index in [0.29, 0.717) is 22.8 Å². The minimum absolute atomic E-state index is 0.0557. The predicted molar refractivity (Wildman–Crippen MR) is 140 cm³/mol. The molecule has 192 valence electrons. The van der Waals surface area contributed by atoms with Crippen LogP contribution in [0.15, 0.2) is 11.6 Å². The van der Waals surface area contributed by atoms with Crippen LogP contribution in [0.25, 0.3) is 0 Å². The molecule has 34 heavy (non-hydrogen) atoms. The molecule has 1 aliphatic heterocycles. The Morgan fingerprint density at radius 3 is 2.62 bits per heavy atom. The number of hydrogen-bond acceptors (Lipinski definition) is 3. The Morgan fingerprint density at radius 2 is 1.91 bits per heavy atom. The number of nitrogens with one attached hydrogen (secondary N) is 1. The predicted octanol–water partition coefficient (Wildman–Crippen LogP) is 5.34. The quantitative estimate of drug-likeness (QED) is 0.552. The number of fused-ring (bicyclic) bond motifs is 4. The molecule has 4 fully saturated rings. The fourth-order valence-electron chi connectivity index (χ4n) is 10.0. The van der Waals surface area contributed by atoms with E-state index < -0.39 is 0 Å². The summed E-state index contributed by atoms with van der Waals surface area (Å²) in [5.41, 5.74) is 2.66. The zero-order valence-corrected chi connectivity index (χ0v) is 23.1. The van der Waals surface area contributed by atoms with Crippen molar-refractivity contribution in [3.63, 3.8) is 0 Å². The maximum absolute atomic E-state index is 13.3. The average Bonchev–Trinajstić information content (AvgIpc) is 3.29. The number of carbonyl (C=O) groups excluding carboxylic acids is 1. The van der Waals surface area contributed by atoms with Crippen LogP contribution in [0.3, 0.4) is 0 Å². The Kier molecular flexibility index (Phi) is 6.50. The van der Waals surface area contributed by atoms with E-state index in [2.05, 4.69) is 63.0 Å². The lowest BCUT2D eigenvalue weighted by molar-refractivity contribution is -0.135. The van der Waals surface area contributed by atoms with Crippen molar-refractivity contribution < 1.29 is 4.79 Å². The molecule has 0 bridgehead atoms. The van der Waals surface area contributed by atoms with Crippen LogP contribution in [0.2, 0.25) is 0 Å². The number of carbonyl (C=O) groups is 1. The van der Waals surface area contributed by atoms with Crippen molar-refractivity contribution in [2.75, 3.05) is 27.7 Å². The van der Waals surface area contributed by atoms with Gasteiger partial charge in [0.25, 0.3) is 0 Å². The Balaban J connectivity index is 1.32. The molecule has 1 amide bonds. The molecule has 0 radical (unpaired) electrons. The highest BCUT2D eigenvalue weighted by Crippen LogP contribution is 2.68. The Hall–Kier alpha value is -0.870. The fourth-order valence-corrected chi connectivity index (χ4v) is 10.0. The minimum Gasteiger partial charge on any atom is -0.341 e. The van der Waals surface area contributed by atoms with E-state index in [9.17, 15) is 4.79 Å². The standard InChI is InChI=1S/C30H51N3O/c1-19(2)16-27(31-5)28(34)33(7)22-12-14-29(4)21(17-22)8-9-23-25(29)13-15-30-18-32(6)20(3)24(30)10-11-26(23)30/h8,19-20,22-27,31H,9-18H2,1-7H3/t20-,22-,23+,24+,25?,26?,27+,29-,30-/m0/s1. The van der Waals surface area contributed by atoms with Gasteiger partial charge in [-0.1, -0.05) is 32.4 Å². The average molecular weight is 470 g/mol. The lowest BCUT2D eigenvalue weighted by Crippen LogP contribution is -2.54. The summed E-state index contributed by atoms with van der Waals surface area (Å²) < 4.78 is 0. The van der Waals surface area contributed by atoms with Crippen LogP contribution in [0, 0.1) is 40.4 Å². The summed E-state index contributed by atoms with van der Waals surface area (Å²) in [6, 6.07) is 1.08. The smallest absolute Gasteiger partial charge is 0.239 e. The molecule has 1 saturated heterocycles. The third-order valence-electron chi connectivity index (χ3n) is 11.9. The van der Waals surface area contributed by atoms with Crippen molar-refractivity contribution >= 4 is 5.91 Å². The van der Waals surface area contributed by atoms with Crippen LogP contribution in [0.1, 0.15) is 85.5 Å². The van der Waals surface area contributed by atoms with Crippen molar-refractivity contribution in [3.8, 4) is 0 Å². The first kappa shape index (κ1) is 24.8. The summed E-state index contributed by atoms with van der Waals surface area (Å²) in [5.74, 6) is 4.43. The second-order valence-corrected chi connectivity index (χ2v) is 13.7. The molecule has 9 atom stereocenters. The molecule has 5 rings (SSSR count). The van der Waals surface area contributed by atoms with E-state index >= 15 is 0 Å². The highest BCUT2D eigenvalue weighted by Gasteiger charge is 2.64. The largest absolute Gasteiger partial charge is 0.341 e. The van der Waals surface area contributed by atoms with E-state index in [1.165, 1.54) is 45.1 Å². The fraction of sp³-hybridized carbons (Fsp3) is 0.900. The van der Waals surface area contributed by atoms with Crippen LogP contribution < -0.4 is 5.32 Å². The maximum atomic E-state index is 13.3.